The standard InChI is InChI=1S/C47H44F2N2/c1-8-11-13-26-16-19-32-36-28(26)23-25-51-44(36)38-30(18-21-34(49)41(38)46(32,6)7)42-39(47(51,9-2)10-3)29-17-20-33(48)40-37(29)43-35-27(22-24-50(42)43)14-12-15-31(35)45(40,4)5/h12,14-25H,8-11,13H2,1-7H3/q+2. The second-order valence-electron chi connectivity index (χ2n) is 16.4. The maximum absolute atomic E-state index is 16.8. The summed E-state index contributed by atoms with van der Waals surface area (Å²) in [6.07, 6.45) is 9.39. The van der Waals surface area contributed by atoms with Gasteiger partial charge in [0, 0.05) is 52.3 Å². The van der Waals surface area contributed by atoms with Crippen molar-refractivity contribution in [3.05, 3.63) is 124 Å². The zero-order chi connectivity index (χ0) is 35.4. The molecule has 4 heterocycles. The molecule has 0 atom stereocenters. The third-order valence-electron chi connectivity index (χ3n) is 13.5. The fourth-order valence-electron chi connectivity index (χ4n) is 11.0. The van der Waals surface area contributed by atoms with Gasteiger partial charge in [0.15, 0.2) is 17.9 Å². The molecule has 4 heteroatoms. The lowest BCUT2D eigenvalue weighted by molar-refractivity contribution is -0.744. The molecule has 51 heavy (non-hydrogen) atoms. The van der Waals surface area contributed by atoms with Gasteiger partial charge in [-0.3, -0.25) is 0 Å². The molecule has 1 aliphatic heterocycles. The molecule has 0 amide bonds. The van der Waals surface area contributed by atoms with Crippen LogP contribution in [0.4, 0.5) is 8.78 Å². The molecule has 3 aliphatic rings. The number of fused-ring (bicyclic) bond motifs is 4. The van der Waals surface area contributed by atoms with Crippen LogP contribution in [0.3, 0.4) is 0 Å². The molecule has 0 N–H and O–H groups in total. The van der Waals surface area contributed by atoms with Crippen LogP contribution in [0.25, 0.3) is 60.3 Å². The van der Waals surface area contributed by atoms with Crippen LogP contribution in [0, 0.1) is 11.6 Å². The number of unbranched alkanes of at least 4 members (excludes halogenated alkanes) is 1. The number of halogens is 2. The Balaban J connectivity index is 1.53. The molecule has 0 saturated carbocycles. The summed E-state index contributed by atoms with van der Waals surface area (Å²) in [5, 5.41) is 6.94. The van der Waals surface area contributed by atoms with E-state index in [2.05, 4.69) is 112 Å². The average Bonchev–Trinajstić information content (AvgIpc) is 3.23. The van der Waals surface area contributed by atoms with E-state index in [9.17, 15) is 0 Å². The Morgan fingerprint density at radius 1 is 0.627 bits per heavy atom. The van der Waals surface area contributed by atoms with Crippen molar-refractivity contribution >= 4 is 37.8 Å². The summed E-state index contributed by atoms with van der Waals surface area (Å²) in [4.78, 5) is 0. The number of benzene rings is 4. The van der Waals surface area contributed by atoms with Gasteiger partial charge in [-0.15, -0.1) is 0 Å². The van der Waals surface area contributed by atoms with E-state index in [-0.39, 0.29) is 11.6 Å². The molecule has 10 rings (SSSR count). The van der Waals surface area contributed by atoms with Gasteiger partial charge in [0.2, 0.25) is 16.9 Å². The Hall–Kier alpha value is -4.70. The van der Waals surface area contributed by atoms with Crippen molar-refractivity contribution in [3.8, 4) is 22.5 Å². The summed E-state index contributed by atoms with van der Waals surface area (Å²) < 4.78 is 38.2. The van der Waals surface area contributed by atoms with Crippen molar-refractivity contribution in [1.82, 2.24) is 0 Å². The van der Waals surface area contributed by atoms with E-state index >= 15 is 8.78 Å². The summed E-state index contributed by atoms with van der Waals surface area (Å²) in [7, 11) is 0. The fraction of sp³-hybridized carbons (Fsp3) is 0.319. The predicted octanol–water partition coefficient (Wildman–Crippen LogP) is 11.3. The van der Waals surface area contributed by atoms with Crippen LogP contribution in [0.15, 0.2) is 79.1 Å². The van der Waals surface area contributed by atoms with E-state index in [1.807, 2.05) is 12.1 Å². The Morgan fingerprint density at radius 2 is 1.35 bits per heavy atom. The number of aryl methyl sites for hydroxylation is 1. The zero-order valence-corrected chi connectivity index (χ0v) is 30.7. The highest BCUT2D eigenvalue weighted by Crippen LogP contribution is 2.57. The number of hydrogen-bond acceptors (Lipinski definition) is 0. The minimum absolute atomic E-state index is 0.166. The van der Waals surface area contributed by atoms with Crippen molar-refractivity contribution in [2.24, 2.45) is 0 Å². The molecule has 0 bridgehead atoms. The van der Waals surface area contributed by atoms with Crippen LogP contribution in [0.1, 0.15) is 108 Å². The highest BCUT2D eigenvalue weighted by molar-refractivity contribution is 6.16. The molecule has 0 spiro atoms. The monoisotopic (exact) mass is 674 g/mol. The van der Waals surface area contributed by atoms with Crippen molar-refractivity contribution in [1.29, 1.82) is 0 Å². The first-order valence-electron chi connectivity index (χ1n) is 18.9. The predicted molar refractivity (Wildman–Crippen MR) is 204 cm³/mol. The van der Waals surface area contributed by atoms with Crippen molar-refractivity contribution in [3.63, 3.8) is 0 Å². The zero-order valence-electron chi connectivity index (χ0n) is 30.7. The molecule has 3 aromatic heterocycles. The minimum atomic E-state index is -0.572. The van der Waals surface area contributed by atoms with E-state index in [0.29, 0.717) is 0 Å². The molecular formula is C47H44F2N2+2. The lowest BCUT2D eigenvalue weighted by Gasteiger charge is -2.36. The van der Waals surface area contributed by atoms with Gasteiger partial charge in [0.1, 0.15) is 17.2 Å². The van der Waals surface area contributed by atoms with Crippen LogP contribution in [-0.2, 0) is 22.8 Å². The van der Waals surface area contributed by atoms with Crippen molar-refractivity contribution in [2.45, 2.75) is 96.9 Å². The second kappa shape index (κ2) is 10.00. The second-order valence-corrected chi connectivity index (χ2v) is 16.4. The van der Waals surface area contributed by atoms with Gasteiger partial charge < -0.3 is 0 Å². The summed E-state index contributed by atoms with van der Waals surface area (Å²) in [6, 6.07) is 23.1. The van der Waals surface area contributed by atoms with Gasteiger partial charge in [-0.25, -0.2) is 8.78 Å². The molecule has 254 valence electrons. The van der Waals surface area contributed by atoms with Gasteiger partial charge in [-0.1, -0.05) is 91.3 Å². The molecule has 0 unspecified atom stereocenters. The first kappa shape index (κ1) is 31.1. The third kappa shape index (κ3) is 3.48. The minimum Gasteiger partial charge on any atom is -0.207 e. The summed E-state index contributed by atoms with van der Waals surface area (Å²) in [5.74, 6) is -0.332. The maximum atomic E-state index is 16.8. The highest BCUT2D eigenvalue weighted by atomic mass is 19.1. The van der Waals surface area contributed by atoms with Gasteiger partial charge in [-0.2, -0.15) is 8.97 Å². The molecule has 0 fully saturated rings. The first-order chi connectivity index (χ1) is 24.5. The van der Waals surface area contributed by atoms with Gasteiger partial charge in [-0.05, 0) is 58.5 Å². The van der Waals surface area contributed by atoms with E-state index in [4.69, 9.17) is 0 Å². The summed E-state index contributed by atoms with van der Waals surface area (Å²) in [6.45, 7) is 15.6. The first-order valence-corrected chi connectivity index (χ1v) is 18.9. The van der Waals surface area contributed by atoms with Crippen LogP contribution in [0.2, 0.25) is 0 Å². The number of aromatic nitrogens is 2. The van der Waals surface area contributed by atoms with Gasteiger partial charge in [0.25, 0.3) is 0 Å². The van der Waals surface area contributed by atoms with E-state index in [1.165, 1.54) is 32.8 Å². The molecule has 2 aliphatic carbocycles. The fourth-order valence-corrected chi connectivity index (χ4v) is 11.0. The highest BCUT2D eigenvalue weighted by Gasteiger charge is 2.55. The molecule has 0 radical (unpaired) electrons. The number of nitrogens with zero attached hydrogens (tertiary/aromatic N) is 2. The molecule has 4 aromatic carbocycles. The van der Waals surface area contributed by atoms with Crippen LogP contribution >= 0.6 is 0 Å². The van der Waals surface area contributed by atoms with Crippen molar-refractivity contribution in [2.75, 3.05) is 0 Å². The lowest BCUT2D eigenvalue weighted by atomic mass is 9.67. The number of hydrogen-bond donors (Lipinski definition) is 0. The van der Waals surface area contributed by atoms with Crippen LogP contribution in [0.5, 0.6) is 0 Å². The molecular weight excluding hydrogens is 631 g/mol. The van der Waals surface area contributed by atoms with Crippen LogP contribution < -0.4 is 8.97 Å². The Bertz CT molecular complexity index is 2730. The normalized spacial score (nSPS) is 16.8. The smallest absolute Gasteiger partial charge is 0.207 e. The summed E-state index contributed by atoms with van der Waals surface area (Å²) in [5.41, 5.74) is 10.1. The molecule has 0 saturated heterocycles. The third-order valence-corrected chi connectivity index (χ3v) is 13.5. The van der Waals surface area contributed by atoms with Gasteiger partial charge >= 0.3 is 0 Å². The van der Waals surface area contributed by atoms with E-state index in [0.717, 1.165) is 93.0 Å². The van der Waals surface area contributed by atoms with Crippen molar-refractivity contribution < 1.29 is 17.7 Å². The Morgan fingerprint density at radius 3 is 2.12 bits per heavy atom. The number of pyridine rings is 3. The largest absolute Gasteiger partial charge is 0.230 e. The Kier molecular flexibility index (Phi) is 6.09. The molecule has 7 aromatic rings. The molecule has 2 nitrogen and oxygen atoms in total. The average molecular weight is 675 g/mol. The van der Waals surface area contributed by atoms with E-state index in [1.54, 1.807) is 12.1 Å². The maximum Gasteiger partial charge on any atom is 0.230 e. The quantitative estimate of drug-likeness (QED) is 0.127. The summed E-state index contributed by atoms with van der Waals surface area (Å²) >= 11 is 0. The Labute approximate surface area is 298 Å². The SMILES string of the molecule is CCCCc1ccc2c3c4[n+](ccc13)C(CC)(CC)c1c([n+]3ccc5cccc6c5c3c3c(c(F)ccc13)C6(C)C)-c1ccc(F)c(c1-4)C2(C)C. The van der Waals surface area contributed by atoms with Crippen LogP contribution in [-0.4, -0.2) is 0 Å². The number of rotatable bonds is 5. The topological polar surface area (TPSA) is 7.98 Å². The van der Waals surface area contributed by atoms with E-state index < -0.39 is 16.4 Å². The lowest BCUT2D eigenvalue weighted by Crippen LogP contribution is -2.58. The van der Waals surface area contributed by atoms with Gasteiger partial charge in [0.05, 0.1) is 27.3 Å².